The molecule has 0 spiro atoms. The second-order valence-corrected chi connectivity index (χ2v) is 6.30. The molecule has 0 unspecified atom stereocenters. The predicted molar refractivity (Wildman–Crippen MR) is 79.5 cm³/mol. The highest BCUT2D eigenvalue weighted by atomic mass is 32.2. The number of nitrogens with two attached hydrogens (primary N) is 2. The third kappa shape index (κ3) is 3.61. The van der Waals surface area contributed by atoms with Crippen LogP contribution in [-0.4, -0.2) is 14.0 Å². The second-order valence-electron chi connectivity index (χ2n) is 4.77. The lowest BCUT2D eigenvalue weighted by atomic mass is 9.89. The van der Waals surface area contributed by atoms with Gasteiger partial charge in [0.1, 0.15) is 4.90 Å². The Balaban J connectivity index is 3.28. The van der Waals surface area contributed by atoms with Gasteiger partial charge in [-0.2, -0.15) is 0 Å². The van der Waals surface area contributed by atoms with Gasteiger partial charge in [-0.3, -0.25) is 0 Å². The molecule has 108 valence electrons. The third-order valence-electron chi connectivity index (χ3n) is 3.74. The van der Waals surface area contributed by atoms with Crippen LogP contribution in [0.4, 0.5) is 11.4 Å². The molecule has 19 heavy (non-hydrogen) atoms. The summed E-state index contributed by atoms with van der Waals surface area (Å²) in [6, 6.07) is 4.73. The molecule has 0 fully saturated rings. The van der Waals surface area contributed by atoms with Crippen LogP contribution < -0.4 is 16.2 Å². The van der Waals surface area contributed by atoms with Gasteiger partial charge in [0.05, 0.1) is 5.69 Å². The Bertz CT molecular complexity index is 529. The summed E-state index contributed by atoms with van der Waals surface area (Å²) in [5, 5.41) is 8.58. The number of hydrogen-bond acceptors (Lipinski definition) is 4. The first-order valence-corrected chi connectivity index (χ1v) is 8.03. The van der Waals surface area contributed by atoms with Gasteiger partial charge in [-0.25, -0.2) is 13.6 Å². The van der Waals surface area contributed by atoms with E-state index in [1.54, 1.807) is 12.1 Å². The zero-order chi connectivity index (χ0) is 14.7. The highest BCUT2D eigenvalue weighted by Crippen LogP contribution is 2.30. The lowest BCUT2D eigenvalue weighted by Crippen LogP contribution is -2.36. The molecule has 0 saturated carbocycles. The molecule has 0 saturated heterocycles. The average molecular weight is 285 g/mol. The zero-order valence-electron chi connectivity index (χ0n) is 11.7. The molecule has 1 rings (SSSR count). The number of primary sulfonamides is 1. The van der Waals surface area contributed by atoms with E-state index in [9.17, 15) is 8.42 Å². The summed E-state index contributed by atoms with van der Waals surface area (Å²) >= 11 is 0. The fraction of sp³-hybridized carbons (Fsp3) is 0.538. The smallest absolute Gasteiger partial charge is 0.240 e. The Morgan fingerprint density at radius 1 is 1.16 bits per heavy atom. The van der Waals surface area contributed by atoms with E-state index in [1.807, 2.05) is 0 Å². The van der Waals surface area contributed by atoms with E-state index in [-0.39, 0.29) is 10.4 Å². The van der Waals surface area contributed by atoms with Gasteiger partial charge >= 0.3 is 0 Å². The van der Waals surface area contributed by atoms with E-state index < -0.39 is 10.0 Å². The monoisotopic (exact) mass is 285 g/mol. The van der Waals surface area contributed by atoms with Gasteiger partial charge < -0.3 is 11.1 Å². The van der Waals surface area contributed by atoms with E-state index in [4.69, 9.17) is 10.9 Å². The van der Waals surface area contributed by atoms with Crippen LogP contribution in [0.3, 0.4) is 0 Å². The Hall–Kier alpha value is -1.27. The predicted octanol–water partition coefficient (Wildman–Crippen LogP) is 2.30. The van der Waals surface area contributed by atoms with Crippen LogP contribution in [0.1, 0.15) is 40.0 Å². The molecule has 1 aromatic carbocycles. The normalized spacial score (nSPS) is 12.4. The van der Waals surface area contributed by atoms with Crippen molar-refractivity contribution >= 4 is 21.4 Å². The van der Waals surface area contributed by atoms with E-state index in [0.717, 1.165) is 19.3 Å². The number of hydrogen-bond donors (Lipinski definition) is 3. The molecular formula is C13H23N3O2S. The first-order chi connectivity index (χ1) is 8.78. The van der Waals surface area contributed by atoms with Gasteiger partial charge in [-0.1, -0.05) is 20.8 Å². The van der Waals surface area contributed by atoms with Crippen LogP contribution in [0.5, 0.6) is 0 Å². The summed E-state index contributed by atoms with van der Waals surface area (Å²) in [6.45, 7) is 6.23. The van der Waals surface area contributed by atoms with Gasteiger partial charge in [0.25, 0.3) is 0 Å². The van der Waals surface area contributed by atoms with Gasteiger partial charge in [0, 0.05) is 11.2 Å². The van der Waals surface area contributed by atoms with Crippen molar-refractivity contribution in [2.75, 3.05) is 11.1 Å². The number of nitrogen functional groups attached to an aromatic ring is 1. The van der Waals surface area contributed by atoms with Crippen molar-refractivity contribution < 1.29 is 8.42 Å². The SMILES string of the molecule is CCC(CC)(CC)Nc1ccc(N)cc1S(N)(=O)=O. The fourth-order valence-corrected chi connectivity index (χ4v) is 2.90. The minimum absolute atomic E-state index is 0.0484. The van der Waals surface area contributed by atoms with Gasteiger partial charge in [-0.05, 0) is 37.5 Å². The van der Waals surface area contributed by atoms with Crippen molar-refractivity contribution in [3.05, 3.63) is 18.2 Å². The Labute approximate surface area is 115 Å². The molecule has 0 aliphatic rings. The van der Waals surface area contributed by atoms with Crippen molar-refractivity contribution in [3.8, 4) is 0 Å². The number of sulfonamides is 1. The highest BCUT2D eigenvalue weighted by molar-refractivity contribution is 7.89. The summed E-state index contributed by atoms with van der Waals surface area (Å²) in [6.07, 6.45) is 2.69. The molecule has 0 bridgehead atoms. The molecule has 0 heterocycles. The molecule has 0 atom stereocenters. The third-order valence-corrected chi connectivity index (χ3v) is 4.69. The molecular weight excluding hydrogens is 262 g/mol. The van der Waals surface area contributed by atoms with Crippen LogP contribution in [-0.2, 0) is 10.0 Å². The number of nitrogens with one attached hydrogen (secondary N) is 1. The van der Waals surface area contributed by atoms with Crippen LogP contribution in [0.2, 0.25) is 0 Å². The van der Waals surface area contributed by atoms with Crippen molar-refractivity contribution in [2.45, 2.75) is 50.5 Å². The van der Waals surface area contributed by atoms with Gasteiger partial charge in [-0.15, -0.1) is 0 Å². The molecule has 1 aromatic rings. The summed E-state index contributed by atoms with van der Waals surface area (Å²) in [5.41, 5.74) is 6.40. The van der Waals surface area contributed by atoms with Crippen LogP contribution in [0.25, 0.3) is 0 Å². The summed E-state index contributed by atoms with van der Waals surface area (Å²) < 4.78 is 23.3. The maximum Gasteiger partial charge on any atom is 0.240 e. The van der Waals surface area contributed by atoms with Crippen molar-refractivity contribution in [1.82, 2.24) is 0 Å². The summed E-state index contributed by atoms with van der Waals surface area (Å²) in [5.74, 6) is 0. The molecule has 0 radical (unpaired) electrons. The van der Waals surface area contributed by atoms with Crippen LogP contribution in [0.15, 0.2) is 23.1 Å². The summed E-state index contributed by atoms with van der Waals surface area (Å²) in [7, 11) is -3.80. The van der Waals surface area contributed by atoms with Crippen molar-refractivity contribution in [1.29, 1.82) is 0 Å². The van der Waals surface area contributed by atoms with Crippen molar-refractivity contribution in [3.63, 3.8) is 0 Å². The Morgan fingerprint density at radius 3 is 2.11 bits per heavy atom. The molecule has 5 N–H and O–H groups in total. The minimum Gasteiger partial charge on any atom is -0.399 e. The van der Waals surface area contributed by atoms with Crippen LogP contribution in [0, 0.1) is 0 Å². The minimum atomic E-state index is -3.80. The first kappa shape index (κ1) is 15.8. The molecule has 0 aliphatic carbocycles. The van der Waals surface area contributed by atoms with E-state index >= 15 is 0 Å². The zero-order valence-corrected chi connectivity index (χ0v) is 12.5. The number of anilines is 2. The average Bonchev–Trinajstić information content (AvgIpc) is 2.37. The molecule has 0 aromatic heterocycles. The van der Waals surface area contributed by atoms with Crippen LogP contribution >= 0.6 is 0 Å². The number of rotatable bonds is 6. The Morgan fingerprint density at radius 2 is 1.68 bits per heavy atom. The second kappa shape index (κ2) is 5.79. The van der Waals surface area contributed by atoms with E-state index in [2.05, 4.69) is 26.1 Å². The molecule has 0 aliphatic heterocycles. The standard InChI is InChI=1S/C13H23N3O2S/c1-4-13(5-2,6-3)16-11-8-7-10(14)9-12(11)19(15,17)18/h7-9,16H,4-6,14H2,1-3H3,(H2,15,17,18). The van der Waals surface area contributed by atoms with Crippen molar-refractivity contribution in [2.24, 2.45) is 5.14 Å². The largest absolute Gasteiger partial charge is 0.399 e. The fourth-order valence-electron chi connectivity index (χ4n) is 2.18. The van der Waals surface area contributed by atoms with E-state index in [1.165, 1.54) is 6.07 Å². The Kier molecular flexibility index (Phi) is 4.81. The lowest BCUT2D eigenvalue weighted by molar-refractivity contribution is 0.419. The maximum atomic E-state index is 11.6. The molecule has 6 heteroatoms. The summed E-state index contributed by atoms with van der Waals surface area (Å²) in [4.78, 5) is 0.0484. The van der Waals surface area contributed by atoms with Gasteiger partial charge in [0.15, 0.2) is 0 Å². The lowest BCUT2D eigenvalue weighted by Gasteiger charge is -2.33. The quantitative estimate of drug-likeness (QED) is 0.698. The van der Waals surface area contributed by atoms with Gasteiger partial charge in [0.2, 0.25) is 10.0 Å². The topological polar surface area (TPSA) is 98.2 Å². The maximum absolute atomic E-state index is 11.6. The first-order valence-electron chi connectivity index (χ1n) is 6.48. The highest BCUT2D eigenvalue weighted by Gasteiger charge is 2.26. The molecule has 5 nitrogen and oxygen atoms in total. The van der Waals surface area contributed by atoms with E-state index in [0.29, 0.717) is 11.4 Å². The molecule has 0 amide bonds. The number of benzene rings is 1.